The van der Waals surface area contributed by atoms with Crippen molar-refractivity contribution in [3.8, 4) is 5.75 Å². The van der Waals surface area contributed by atoms with Crippen molar-refractivity contribution in [2.24, 2.45) is 0 Å². The van der Waals surface area contributed by atoms with Crippen LogP contribution in [0.25, 0.3) is 0 Å². The Balaban J connectivity index is 1.53. The van der Waals surface area contributed by atoms with Crippen LogP contribution in [-0.2, 0) is 15.3 Å². The molecule has 3 aromatic rings. The fraction of sp³-hybridized carbons (Fsp3) is 0.261. The number of carbonyl (C=O) groups is 2. The number of hydrogen-bond acceptors (Lipinski definition) is 8. The summed E-state index contributed by atoms with van der Waals surface area (Å²) >= 11 is 1.46. The fourth-order valence-corrected chi connectivity index (χ4v) is 4.83. The van der Waals surface area contributed by atoms with Gasteiger partial charge in [0.25, 0.3) is 0 Å². The first-order valence-electron chi connectivity index (χ1n) is 10.6. The summed E-state index contributed by atoms with van der Waals surface area (Å²) in [6, 6.07) is 12.4. The molecule has 1 aliphatic carbocycles. The summed E-state index contributed by atoms with van der Waals surface area (Å²) < 4.78 is 7.27. The SMILES string of the molecule is O=C(O)COc1ccccc1C1C2=C(CCCC2=O)Nc2nc(SCc3ccccn3)nn21. The van der Waals surface area contributed by atoms with Gasteiger partial charge < -0.3 is 15.2 Å². The highest BCUT2D eigenvalue weighted by molar-refractivity contribution is 7.98. The quantitative estimate of drug-likeness (QED) is 0.508. The number of fused-ring (bicyclic) bond motifs is 1. The molecule has 3 heterocycles. The fourth-order valence-electron chi connectivity index (χ4n) is 4.08. The first-order valence-corrected chi connectivity index (χ1v) is 11.5. The number of carboxylic acid groups (broad SMARTS) is 1. The van der Waals surface area contributed by atoms with Gasteiger partial charge in [-0.2, -0.15) is 4.98 Å². The number of nitrogens with one attached hydrogen (secondary N) is 1. The van der Waals surface area contributed by atoms with Gasteiger partial charge >= 0.3 is 5.97 Å². The Morgan fingerprint density at radius 2 is 2.06 bits per heavy atom. The highest BCUT2D eigenvalue weighted by Gasteiger charge is 2.38. The highest BCUT2D eigenvalue weighted by atomic mass is 32.2. The van der Waals surface area contributed by atoms with Gasteiger partial charge in [0.1, 0.15) is 11.8 Å². The predicted octanol–water partition coefficient (Wildman–Crippen LogP) is 3.45. The van der Waals surface area contributed by atoms with E-state index in [4.69, 9.17) is 14.9 Å². The number of rotatable bonds is 7. The number of nitrogens with zero attached hydrogens (tertiary/aromatic N) is 4. The molecule has 168 valence electrons. The van der Waals surface area contributed by atoms with E-state index in [1.165, 1.54) is 11.8 Å². The molecule has 10 heteroatoms. The second kappa shape index (κ2) is 9.07. The van der Waals surface area contributed by atoms with Crippen LogP contribution in [0.1, 0.15) is 36.6 Å². The van der Waals surface area contributed by atoms with Gasteiger partial charge in [0.05, 0.1) is 5.69 Å². The molecule has 0 bridgehead atoms. The van der Waals surface area contributed by atoms with Crippen LogP contribution in [-0.4, -0.2) is 43.2 Å². The average Bonchev–Trinajstić information content (AvgIpc) is 3.24. The second-order valence-corrected chi connectivity index (χ2v) is 8.63. The largest absolute Gasteiger partial charge is 0.482 e. The number of Topliss-reactive ketones (excluding diaryl/α,β-unsaturated/α-hetero) is 1. The van der Waals surface area contributed by atoms with E-state index in [-0.39, 0.29) is 5.78 Å². The minimum Gasteiger partial charge on any atom is -0.482 e. The summed E-state index contributed by atoms with van der Waals surface area (Å²) in [4.78, 5) is 33.1. The van der Waals surface area contributed by atoms with Crippen molar-refractivity contribution >= 4 is 29.5 Å². The molecule has 0 radical (unpaired) electrons. The van der Waals surface area contributed by atoms with Crippen LogP contribution < -0.4 is 10.1 Å². The van der Waals surface area contributed by atoms with Gasteiger partial charge in [-0.05, 0) is 31.0 Å². The Morgan fingerprint density at radius 3 is 2.88 bits per heavy atom. The van der Waals surface area contributed by atoms with Crippen molar-refractivity contribution in [3.05, 3.63) is 71.2 Å². The van der Waals surface area contributed by atoms with E-state index < -0.39 is 18.6 Å². The third kappa shape index (κ3) is 4.34. The molecule has 0 fully saturated rings. The van der Waals surface area contributed by atoms with Crippen LogP contribution in [0.5, 0.6) is 5.75 Å². The van der Waals surface area contributed by atoms with Crippen LogP contribution in [0.4, 0.5) is 5.95 Å². The van der Waals surface area contributed by atoms with Gasteiger partial charge in [0.15, 0.2) is 12.4 Å². The number of ketones is 1. The van der Waals surface area contributed by atoms with Gasteiger partial charge in [0, 0.05) is 35.2 Å². The average molecular weight is 464 g/mol. The summed E-state index contributed by atoms with van der Waals surface area (Å²) in [6.07, 6.45) is 3.71. The van der Waals surface area contributed by atoms with Crippen LogP contribution >= 0.6 is 11.8 Å². The number of anilines is 1. The molecule has 1 atom stereocenters. The smallest absolute Gasteiger partial charge is 0.341 e. The van der Waals surface area contributed by atoms with E-state index in [0.29, 0.717) is 40.2 Å². The maximum absolute atomic E-state index is 13.0. The number of allylic oxidation sites excluding steroid dienone is 2. The lowest BCUT2D eigenvalue weighted by molar-refractivity contribution is -0.139. The van der Waals surface area contributed by atoms with Crippen molar-refractivity contribution in [1.29, 1.82) is 0 Å². The third-order valence-corrected chi connectivity index (χ3v) is 6.36. The Hall–Kier alpha value is -3.66. The highest BCUT2D eigenvalue weighted by Crippen LogP contribution is 2.43. The molecule has 1 unspecified atom stereocenters. The molecule has 9 nitrogen and oxygen atoms in total. The van der Waals surface area contributed by atoms with E-state index in [2.05, 4.69) is 15.3 Å². The van der Waals surface area contributed by atoms with E-state index >= 15 is 0 Å². The predicted molar refractivity (Wildman–Crippen MR) is 121 cm³/mol. The maximum atomic E-state index is 13.0. The normalized spacial score (nSPS) is 17.2. The number of benzene rings is 1. The Kier molecular flexibility index (Phi) is 5.82. The Morgan fingerprint density at radius 1 is 1.21 bits per heavy atom. The number of para-hydroxylation sites is 1. The lowest BCUT2D eigenvalue weighted by atomic mass is 9.85. The molecular weight excluding hydrogens is 442 g/mol. The van der Waals surface area contributed by atoms with Crippen molar-refractivity contribution in [1.82, 2.24) is 19.7 Å². The van der Waals surface area contributed by atoms with Crippen LogP contribution in [0.15, 0.2) is 65.1 Å². The lowest BCUT2D eigenvalue weighted by Gasteiger charge is -2.32. The first-order chi connectivity index (χ1) is 16.1. The molecule has 2 aliphatic rings. The zero-order chi connectivity index (χ0) is 22.8. The molecule has 0 amide bonds. The van der Waals surface area contributed by atoms with Crippen LogP contribution in [0, 0.1) is 0 Å². The monoisotopic (exact) mass is 463 g/mol. The molecule has 0 spiro atoms. The molecule has 0 saturated heterocycles. The number of hydrogen-bond donors (Lipinski definition) is 2. The molecule has 0 saturated carbocycles. The summed E-state index contributed by atoms with van der Waals surface area (Å²) in [5.41, 5.74) is 3.06. The summed E-state index contributed by atoms with van der Waals surface area (Å²) in [6.45, 7) is -0.475. The van der Waals surface area contributed by atoms with Gasteiger partial charge in [0.2, 0.25) is 11.1 Å². The lowest BCUT2D eigenvalue weighted by Crippen LogP contribution is -2.32. The van der Waals surface area contributed by atoms with Gasteiger partial charge in [-0.3, -0.25) is 9.78 Å². The Labute approximate surface area is 193 Å². The zero-order valence-corrected chi connectivity index (χ0v) is 18.4. The standard InChI is InChI=1S/C23H21N5O4S/c29-17-9-5-8-16-20(17)21(15-7-1-2-10-18(15)32-12-19(30)31)28-22(25-16)26-23(27-28)33-13-14-6-3-4-11-24-14/h1-4,6-7,10-11,21H,5,8-9,12-13H2,(H,30,31)(H,25,26,27). The summed E-state index contributed by atoms with van der Waals surface area (Å²) in [5.74, 6) is 0.537. The molecule has 1 aliphatic heterocycles. The summed E-state index contributed by atoms with van der Waals surface area (Å²) in [5, 5.41) is 17.7. The number of carbonyl (C=O) groups excluding carboxylic acids is 1. The van der Waals surface area contributed by atoms with Crippen molar-refractivity contribution in [3.63, 3.8) is 0 Å². The Bertz CT molecular complexity index is 1240. The van der Waals surface area contributed by atoms with E-state index in [0.717, 1.165) is 24.2 Å². The van der Waals surface area contributed by atoms with Gasteiger partial charge in [-0.1, -0.05) is 36.0 Å². The first kappa shape index (κ1) is 21.2. The number of aromatic nitrogens is 4. The second-order valence-electron chi connectivity index (χ2n) is 7.69. The van der Waals surface area contributed by atoms with Crippen molar-refractivity contribution in [2.45, 2.75) is 36.2 Å². The van der Waals surface area contributed by atoms with E-state index in [1.54, 1.807) is 23.0 Å². The van der Waals surface area contributed by atoms with Gasteiger partial charge in [-0.25, -0.2) is 9.48 Å². The molecular formula is C23H21N5O4S. The zero-order valence-electron chi connectivity index (χ0n) is 17.6. The number of pyridine rings is 1. The van der Waals surface area contributed by atoms with Crippen molar-refractivity contribution in [2.75, 3.05) is 11.9 Å². The number of aliphatic carboxylic acids is 1. The minimum atomic E-state index is -1.07. The van der Waals surface area contributed by atoms with Gasteiger partial charge in [-0.15, -0.1) is 5.10 Å². The maximum Gasteiger partial charge on any atom is 0.341 e. The molecule has 1 aromatic carbocycles. The molecule has 2 N–H and O–H groups in total. The minimum absolute atomic E-state index is 0.0469. The number of thioether (sulfide) groups is 1. The van der Waals surface area contributed by atoms with E-state index in [1.807, 2.05) is 30.3 Å². The molecule has 33 heavy (non-hydrogen) atoms. The van der Waals surface area contributed by atoms with Crippen molar-refractivity contribution < 1.29 is 19.4 Å². The number of ether oxygens (including phenoxy) is 1. The molecule has 2 aromatic heterocycles. The van der Waals surface area contributed by atoms with Crippen LogP contribution in [0.2, 0.25) is 0 Å². The van der Waals surface area contributed by atoms with E-state index in [9.17, 15) is 9.59 Å². The topological polar surface area (TPSA) is 119 Å². The summed E-state index contributed by atoms with van der Waals surface area (Å²) in [7, 11) is 0. The third-order valence-electron chi connectivity index (χ3n) is 5.49. The van der Waals surface area contributed by atoms with Crippen LogP contribution in [0.3, 0.4) is 0 Å². The molecule has 5 rings (SSSR count). The number of carboxylic acids is 1.